The van der Waals surface area contributed by atoms with Crippen molar-refractivity contribution >= 4 is 55.2 Å². The summed E-state index contributed by atoms with van der Waals surface area (Å²) >= 11 is 0. The van der Waals surface area contributed by atoms with Crippen molar-refractivity contribution in [2.24, 2.45) is 5.73 Å². The zero-order valence-corrected chi connectivity index (χ0v) is 52.9. The molecular weight excluding hydrogens is 1130 g/mol. The van der Waals surface area contributed by atoms with E-state index in [4.69, 9.17) is 33.7 Å². The molecule has 1 rings (SSSR count). The van der Waals surface area contributed by atoms with Crippen LogP contribution in [0, 0.1) is 0 Å². The van der Waals surface area contributed by atoms with Gasteiger partial charge >= 0.3 is 19.8 Å². The van der Waals surface area contributed by atoms with Crippen molar-refractivity contribution < 1.29 is 91.1 Å². The Labute approximate surface area is 505 Å². The fraction of sp³-hybridized carbons (Fsp3) is 0.864. The van der Waals surface area contributed by atoms with Gasteiger partial charge in [0.2, 0.25) is 35.4 Å². The number of unbranched alkanes of at least 4 members (excludes halogenated alkanes) is 24. The number of primary amides is 1. The summed E-state index contributed by atoms with van der Waals surface area (Å²) in [5.74, 6) is -5.88. The van der Waals surface area contributed by atoms with Crippen LogP contribution in [-0.4, -0.2) is 162 Å². The molecule has 1 heterocycles. The molecule has 4 unspecified atom stereocenters. The molecule has 1 fully saturated rings. The number of nitrogens with one attached hydrogen (secondary N) is 5. The first-order chi connectivity index (χ1) is 40.5. The molecule has 85 heavy (non-hydrogen) atoms. The number of ether oxygens (including phenoxy) is 4. The Morgan fingerprint density at radius 2 is 1.09 bits per heavy atom. The van der Waals surface area contributed by atoms with E-state index in [0.29, 0.717) is 12.8 Å². The van der Waals surface area contributed by atoms with E-state index in [9.17, 15) is 63.1 Å². The third kappa shape index (κ3) is 38.5. The lowest BCUT2D eigenvalue weighted by molar-refractivity contribution is -0.266. The van der Waals surface area contributed by atoms with Crippen LogP contribution < -0.4 is 32.3 Å². The number of carbonyl (C=O) groups excluding carboxylic acids is 8. The average molecular weight is 1240 g/mol. The van der Waals surface area contributed by atoms with Crippen molar-refractivity contribution in [2.75, 3.05) is 33.0 Å². The van der Waals surface area contributed by atoms with Gasteiger partial charge in [-0.25, -0.2) is 4.57 Å². The third-order valence-corrected chi connectivity index (χ3v) is 15.6. The standard InChI is InChI=1S/C59H109N6O19P/c1-7-9-11-13-15-17-19-21-23-25-27-29-31-33-50(69)79-40-46(83-51(70)34-32-30-28-26-24-22-20-18-16-14-12-10-8-2)41-81-85(77,78)80-38-37-61-56(73)42(3)62-49(68)36-35-47(55(60)72)65-57(74)43(4)63-58(75)44(5)82-54-52(64-45(6)67)59(76)84-48(39-66)53(54)71/h42-44,46-48,52-54,59,66,71,76H,7-41H2,1-6H3,(H2,60,72)(H,61,73)(H,62,68)(H,63,75)(H,64,67)(H,65,74)(H,77,78)/t42-,43-,44?,46?,47+,48+,52+,53+,54+,59?/m0/s1. The summed E-state index contributed by atoms with van der Waals surface area (Å²) in [6, 6.07) is -5.19. The highest BCUT2D eigenvalue weighted by Crippen LogP contribution is 2.43. The van der Waals surface area contributed by atoms with E-state index in [1.807, 2.05) is 0 Å². The first-order valence-corrected chi connectivity index (χ1v) is 33.0. The van der Waals surface area contributed by atoms with Gasteiger partial charge in [-0.15, -0.1) is 0 Å². The minimum absolute atomic E-state index is 0.110. The van der Waals surface area contributed by atoms with Crippen LogP contribution in [0.25, 0.3) is 0 Å². The van der Waals surface area contributed by atoms with Crippen LogP contribution in [0.2, 0.25) is 0 Å². The quantitative estimate of drug-likeness (QED) is 0.0196. The maximum atomic E-state index is 13.0. The molecule has 494 valence electrons. The van der Waals surface area contributed by atoms with Gasteiger partial charge in [0.1, 0.15) is 55.2 Å². The molecule has 0 aromatic carbocycles. The van der Waals surface area contributed by atoms with Crippen LogP contribution in [0.4, 0.5) is 0 Å². The molecule has 26 heteroatoms. The molecule has 0 saturated carbocycles. The predicted molar refractivity (Wildman–Crippen MR) is 318 cm³/mol. The van der Waals surface area contributed by atoms with Gasteiger partial charge in [0.05, 0.1) is 19.8 Å². The molecule has 6 amide bonds. The van der Waals surface area contributed by atoms with Crippen molar-refractivity contribution in [3.63, 3.8) is 0 Å². The Morgan fingerprint density at radius 3 is 1.58 bits per heavy atom. The largest absolute Gasteiger partial charge is 0.472 e. The van der Waals surface area contributed by atoms with Crippen LogP contribution in [0.3, 0.4) is 0 Å². The second-order valence-corrected chi connectivity index (χ2v) is 23.9. The second-order valence-electron chi connectivity index (χ2n) is 22.4. The highest BCUT2D eigenvalue weighted by atomic mass is 31.2. The number of phosphoric acid groups is 1. The van der Waals surface area contributed by atoms with Gasteiger partial charge in [0.25, 0.3) is 0 Å². The number of aliphatic hydroxyl groups excluding tert-OH is 3. The van der Waals surface area contributed by atoms with E-state index in [1.165, 1.54) is 130 Å². The van der Waals surface area contributed by atoms with E-state index in [2.05, 4.69) is 40.4 Å². The lowest BCUT2D eigenvalue weighted by Gasteiger charge is -2.43. The van der Waals surface area contributed by atoms with E-state index >= 15 is 0 Å². The molecule has 1 aliphatic rings. The Balaban J connectivity index is 2.62. The van der Waals surface area contributed by atoms with Gasteiger partial charge < -0.3 is 71.5 Å². The van der Waals surface area contributed by atoms with Gasteiger partial charge in [-0.2, -0.15) is 0 Å². The number of hydrogen-bond acceptors (Lipinski definition) is 18. The zero-order valence-electron chi connectivity index (χ0n) is 52.0. The summed E-state index contributed by atoms with van der Waals surface area (Å²) in [6.07, 6.45) is 20.8. The normalized spacial score (nSPS) is 19.2. The van der Waals surface area contributed by atoms with Crippen LogP contribution in [0.1, 0.15) is 234 Å². The SMILES string of the molecule is CCCCCCCCCCCCCCCC(=O)OCC(COP(=O)(O)OCCNC(=O)[C@H](C)NC(=O)CC[C@@H](NC(=O)[C@H](C)NC(=O)C(C)O[C@H]1[C@H](O)[C@@H](CO)OC(O)[C@@H]1NC(C)=O)C(N)=O)OC(=O)CCCCCCCCCCCCCCC. The van der Waals surface area contributed by atoms with Crippen molar-refractivity contribution in [3.05, 3.63) is 0 Å². The Hall–Kier alpha value is -4.33. The highest BCUT2D eigenvalue weighted by molar-refractivity contribution is 7.47. The van der Waals surface area contributed by atoms with Crippen LogP contribution in [0.5, 0.6) is 0 Å². The van der Waals surface area contributed by atoms with Gasteiger partial charge in [-0.1, -0.05) is 168 Å². The number of esters is 2. The minimum atomic E-state index is -4.80. The van der Waals surface area contributed by atoms with Crippen molar-refractivity contribution in [1.82, 2.24) is 26.6 Å². The molecule has 0 bridgehead atoms. The number of phosphoric ester groups is 1. The Kier molecular flexibility index (Phi) is 44.2. The summed E-state index contributed by atoms with van der Waals surface area (Å²) in [5, 5.41) is 42.6. The lowest BCUT2D eigenvalue weighted by atomic mass is 9.96. The Morgan fingerprint density at radius 1 is 0.612 bits per heavy atom. The van der Waals surface area contributed by atoms with Gasteiger partial charge in [-0.3, -0.25) is 47.4 Å². The Bertz CT molecular complexity index is 1960. The van der Waals surface area contributed by atoms with Crippen LogP contribution in [-0.2, 0) is 70.9 Å². The number of carbonyl (C=O) groups is 8. The topological polar surface area (TPSA) is 376 Å². The third-order valence-electron chi connectivity index (χ3n) is 14.6. The number of nitrogens with two attached hydrogens (primary N) is 1. The smallest absolute Gasteiger partial charge is 0.462 e. The first kappa shape index (κ1) is 78.7. The van der Waals surface area contributed by atoms with Crippen molar-refractivity contribution in [3.8, 4) is 0 Å². The monoisotopic (exact) mass is 1240 g/mol. The maximum Gasteiger partial charge on any atom is 0.472 e. The molecule has 11 atom stereocenters. The number of aliphatic hydroxyl groups is 3. The summed E-state index contributed by atoms with van der Waals surface area (Å²) in [6.45, 7) is 6.89. The molecule has 25 nitrogen and oxygen atoms in total. The second kappa shape index (κ2) is 47.7. The minimum Gasteiger partial charge on any atom is -0.462 e. The van der Waals surface area contributed by atoms with Crippen molar-refractivity contribution in [1.29, 1.82) is 0 Å². The van der Waals surface area contributed by atoms with E-state index in [0.717, 1.165) is 51.9 Å². The van der Waals surface area contributed by atoms with E-state index in [1.54, 1.807) is 0 Å². The molecule has 1 aliphatic heterocycles. The van der Waals surface area contributed by atoms with Crippen molar-refractivity contribution in [2.45, 2.75) is 295 Å². The zero-order chi connectivity index (χ0) is 63.4. The molecule has 1 saturated heterocycles. The molecule has 0 aliphatic carbocycles. The number of amides is 6. The molecular formula is C59H109N6O19P. The van der Waals surface area contributed by atoms with Gasteiger partial charge in [-0.05, 0) is 40.0 Å². The summed E-state index contributed by atoms with van der Waals surface area (Å²) in [4.78, 5) is 112. The fourth-order valence-electron chi connectivity index (χ4n) is 9.46. The van der Waals surface area contributed by atoms with Crippen LogP contribution >= 0.6 is 7.82 Å². The maximum absolute atomic E-state index is 13.0. The van der Waals surface area contributed by atoms with Gasteiger partial charge in [0, 0.05) is 32.7 Å². The number of rotatable bonds is 52. The summed E-state index contributed by atoms with van der Waals surface area (Å²) < 4.78 is 44.8. The summed E-state index contributed by atoms with van der Waals surface area (Å²) in [5.41, 5.74) is 5.49. The molecule has 0 aromatic heterocycles. The molecule has 11 N–H and O–H groups in total. The first-order valence-electron chi connectivity index (χ1n) is 31.5. The van der Waals surface area contributed by atoms with E-state index < -0.39 is 149 Å². The average Bonchev–Trinajstić information content (AvgIpc) is 2.45. The fourth-order valence-corrected chi connectivity index (χ4v) is 10.2. The summed E-state index contributed by atoms with van der Waals surface area (Å²) in [7, 11) is -4.80. The van der Waals surface area contributed by atoms with Gasteiger partial charge in [0.15, 0.2) is 12.4 Å². The predicted octanol–water partition coefficient (Wildman–Crippen LogP) is 5.76. The van der Waals surface area contributed by atoms with Crippen LogP contribution in [0.15, 0.2) is 0 Å². The number of hydrogen-bond donors (Lipinski definition) is 10. The lowest BCUT2D eigenvalue weighted by Crippen LogP contribution is -2.65. The molecule has 0 radical (unpaired) electrons. The highest BCUT2D eigenvalue weighted by Gasteiger charge is 2.47. The molecule has 0 aromatic rings. The molecule has 0 spiro atoms. The van der Waals surface area contributed by atoms with E-state index in [-0.39, 0.29) is 25.8 Å².